The molecule has 1 heterocycles. The molecule has 0 saturated carbocycles. The van der Waals surface area contributed by atoms with Gasteiger partial charge in [-0.15, -0.1) is 0 Å². The first kappa shape index (κ1) is 14.8. The molecule has 21 heavy (non-hydrogen) atoms. The summed E-state index contributed by atoms with van der Waals surface area (Å²) in [4.78, 5) is 18.5. The first-order chi connectivity index (χ1) is 10.1. The highest BCUT2D eigenvalue weighted by Gasteiger charge is 2.06. The van der Waals surface area contributed by atoms with Crippen LogP contribution in [-0.2, 0) is 0 Å². The fraction of sp³-hybridized carbons (Fsp3) is 0.267. The van der Waals surface area contributed by atoms with Crippen molar-refractivity contribution in [3.8, 4) is 5.75 Å². The molecule has 0 aliphatic rings. The van der Waals surface area contributed by atoms with E-state index in [4.69, 9.17) is 9.84 Å². The molecule has 0 amide bonds. The number of anilines is 2. The molecular formula is C15H17N3O3. The van der Waals surface area contributed by atoms with Crippen LogP contribution in [0.1, 0.15) is 30.8 Å². The summed E-state index contributed by atoms with van der Waals surface area (Å²) in [6.07, 6.45) is 3.67. The van der Waals surface area contributed by atoms with E-state index in [1.54, 1.807) is 0 Å². The molecule has 1 aromatic carbocycles. The molecule has 0 radical (unpaired) electrons. The van der Waals surface area contributed by atoms with Gasteiger partial charge in [0.2, 0.25) is 0 Å². The van der Waals surface area contributed by atoms with E-state index in [9.17, 15) is 4.79 Å². The largest absolute Gasteiger partial charge is 0.491 e. The second-order valence-electron chi connectivity index (χ2n) is 4.58. The Morgan fingerprint density at radius 3 is 2.81 bits per heavy atom. The molecule has 0 saturated heterocycles. The van der Waals surface area contributed by atoms with Gasteiger partial charge in [-0.2, -0.15) is 0 Å². The molecule has 0 aliphatic carbocycles. The number of carboxylic acids is 1. The maximum atomic E-state index is 10.7. The lowest BCUT2D eigenvalue weighted by Gasteiger charge is -2.13. The Bertz CT molecular complexity index is 614. The SMILES string of the molecule is CCC(C)Oc1cccc(Nc2cnc(C(=O)O)cn2)c1. The maximum Gasteiger partial charge on any atom is 0.356 e. The van der Waals surface area contributed by atoms with Crippen LogP contribution in [0, 0.1) is 0 Å². The zero-order chi connectivity index (χ0) is 15.2. The van der Waals surface area contributed by atoms with Gasteiger partial charge < -0.3 is 15.2 Å². The van der Waals surface area contributed by atoms with Crippen LogP contribution < -0.4 is 10.1 Å². The molecule has 2 rings (SSSR count). The predicted molar refractivity (Wildman–Crippen MR) is 79.1 cm³/mol. The lowest BCUT2D eigenvalue weighted by molar-refractivity contribution is 0.0690. The van der Waals surface area contributed by atoms with E-state index < -0.39 is 5.97 Å². The summed E-state index contributed by atoms with van der Waals surface area (Å²) in [5.41, 5.74) is 0.711. The molecule has 1 aromatic heterocycles. The summed E-state index contributed by atoms with van der Waals surface area (Å²) < 4.78 is 5.74. The molecule has 0 aliphatic heterocycles. The number of carboxylic acid groups (broad SMARTS) is 1. The lowest BCUT2D eigenvalue weighted by Crippen LogP contribution is -2.09. The summed E-state index contributed by atoms with van der Waals surface area (Å²) in [5, 5.41) is 11.8. The van der Waals surface area contributed by atoms with Crippen molar-refractivity contribution in [1.29, 1.82) is 0 Å². The fourth-order valence-corrected chi connectivity index (χ4v) is 1.61. The van der Waals surface area contributed by atoms with E-state index in [1.807, 2.05) is 31.2 Å². The summed E-state index contributed by atoms with van der Waals surface area (Å²) in [7, 11) is 0. The minimum absolute atomic E-state index is 0.0885. The smallest absolute Gasteiger partial charge is 0.356 e. The number of nitrogens with one attached hydrogen (secondary N) is 1. The van der Waals surface area contributed by atoms with Crippen LogP contribution in [0.5, 0.6) is 5.75 Å². The lowest BCUT2D eigenvalue weighted by atomic mass is 10.2. The van der Waals surface area contributed by atoms with Crippen molar-refractivity contribution in [2.45, 2.75) is 26.4 Å². The number of aromatic nitrogens is 2. The highest BCUT2D eigenvalue weighted by Crippen LogP contribution is 2.21. The number of rotatable bonds is 6. The van der Waals surface area contributed by atoms with Gasteiger partial charge >= 0.3 is 5.97 Å². The van der Waals surface area contributed by atoms with E-state index in [0.29, 0.717) is 5.82 Å². The zero-order valence-electron chi connectivity index (χ0n) is 11.9. The first-order valence-corrected chi connectivity index (χ1v) is 6.67. The molecule has 6 heteroatoms. The summed E-state index contributed by atoms with van der Waals surface area (Å²) in [6, 6.07) is 7.49. The van der Waals surface area contributed by atoms with Gasteiger partial charge in [-0.3, -0.25) is 0 Å². The van der Waals surface area contributed by atoms with Gasteiger partial charge in [-0.05, 0) is 25.5 Å². The maximum absolute atomic E-state index is 10.7. The van der Waals surface area contributed by atoms with Crippen molar-refractivity contribution in [3.05, 3.63) is 42.4 Å². The predicted octanol–water partition coefficient (Wildman–Crippen LogP) is 3.10. The van der Waals surface area contributed by atoms with Gasteiger partial charge in [-0.1, -0.05) is 13.0 Å². The second kappa shape index (κ2) is 6.69. The monoisotopic (exact) mass is 287 g/mol. The van der Waals surface area contributed by atoms with Gasteiger partial charge in [0, 0.05) is 11.8 Å². The van der Waals surface area contributed by atoms with Gasteiger partial charge in [0.25, 0.3) is 0 Å². The average molecular weight is 287 g/mol. The minimum atomic E-state index is -1.10. The van der Waals surface area contributed by atoms with E-state index in [1.165, 1.54) is 12.4 Å². The van der Waals surface area contributed by atoms with E-state index in [2.05, 4.69) is 22.2 Å². The molecule has 1 atom stereocenters. The summed E-state index contributed by atoms with van der Waals surface area (Å²) >= 11 is 0. The van der Waals surface area contributed by atoms with E-state index in [0.717, 1.165) is 17.9 Å². The van der Waals surface area contributed by atoms with Crippen LogP contribution in [0.2, 0.25) is 0 Å². The zero-order valence-corrected chi connectivity index (χ0v) is 11.9. The van der Waals surface area contributed by atoms with Crippen molar-refractivity contribution in [2.75, 3.05) is 5.32 Å². The van der Waals surface area contributed by atoms with E-state index in [-0.39, 0.29) is 11.8 Å². The van der Waals surface area contributed by atoms with Crippen molar-refractivity contribution < 1.29 is 14.6 Å². The molecule has 2 aromatic rings. The molecule has 0 bridgehead atoms. The molecule has 6 nitrogen and oxygen atoms in total. The van der Waals surface area contributed by atoms with Gasteiger partial charge in [-0.25, -0.2) is 14.8 Å². The van der Waals surface area contributed by atoms with Crippen molar-refractivity contribution in [1.82, 2.24) is 9.97 Å². The van der Waals surface area contributed by atoms with Crippen molar-refractivity contribution in [2.24, 2.45) is 0 Å². The molecule has 0 fully saturated rings. The molecular weight excluding hydrogens is 270 g/mol. The highest BCUT2D eigenvalue weighted by molar-refractivity contribution is 5.85. The minimum Gasteiger partial charge on any atom is -0.491 e. The molecule has 0 spiro atoms. The normalized spacial score (nSPS) is 11.7. The number of benzene rings is 1. The van der Waals surface area contributed by atoms with E-state index >= 15 is 0 Å². The van der Waals surface area contributed by atoms with Crippen molar-refractivity contribution >= 4 is 17.5 Å². The molecule has 110 valence electrons. The fourth-order valence-electron chi connectivity index (χ4n) is 1.61. The Hall–Kier alpha value is -2.63. The molecule has 2 N–H and O–H groups in total. The third-order valence-corrected chi connectivity index (χ3v) is 2.89. The van der Waals surface area contributed by atoms with Gasteiger partial charge in [0.05, 0.1) is 18.5 Å². The number of hydrogen-bond donors (Lipinski definition) is 2. The average Bonchev–Trinajstić information content (AvgIpc) is 2.48. The Labute approximate surface area is 122 Å². The third kappa shape index (κ3) is 4.17. The summed E-state index contributed by atoms with van der Waals surface area (Å²) in [6.45, 7) is 4.07. The summed E-state index contributed by atoms with van der Waals surface area (Å²) in [5.74, 6) is 0.142. The highest BCUT2D eigenvalue weighted by atomic mass is 16.5. The quantitative estimate of drug-likeness (QED) is 0.849. The Kier molecular flexibility index (Phi) is 4.71. The van der Waals surface area contributed by atoms with Crippen molar-refractivity contribution in [3.63, 3.8) is 0 Å². The second-order valence-corrected chi connectivity index (χ2v) is 4.58. The van der Waals surface area contributed by atoms with Gasteiger partial charge in [0.1, 0.15) is 11.6 Å². The number of carbonyl (C=O) groups is 1. The van der Waals surface area contributed by atoms with Crippen LogP contribution in [0.3, 0.4) is 0 Å². The molecule has 1 unspecified atom stereocenters. The third-order valence-electron chi connectivity index (χ3n) is 2.89. The van der Waals surface area contributed by atoms with Crippen LogP contribution in [0.4, 0.5) is 11.5 Å². The number of hydrogen-bond acceptors (Lipinski definition) is 5. The Balaban J connectivity index is 2.08. The Morgan fingerprint density at radius 1 is 1.38 bits per heavy atom. The number of nitrogens with zero attached hydrogens (tertiary/aromatic N) is 2. The number of aromatic carboxylic acids is 1. The Morgan fingerprint density at radius 2 is 2.19 bits per heavy atom. The first-order valence-electron chi connectivity index (χ1n) is 6.67. The van der Waals surface area contributed by atoms with Crippen LogP contribution in [0.15, 0.2) is 36.7 Å². The van der Waals surface area contributed by atoms with Crippen LogP contribution >= 0.6 is 0 Å². The van der Waals surface area contributed by atoms with Crippen LogP contribution in [-0.4, -0.2) is 27.1 Å². The van der Waals surface area contributed by atoms with Crippen LogP contribution in [0.25, 0.3) is 0 Å². The number of ether oxygens (including phenoxy) is 1. The standard InChI is InChI=1S/C15H17N3O3/c1-3-10(2)21-12-6-4-5-11(7-12)18-14-9-16-13(8-17-14)15(19)20/h4-10H,3H2,1-2H3,(H,17,18)(H,19,20). The topological polar surface area (TPSA) is 84.3 Å². The van der Waals surface area contributed by atoms with Gasteiger partial charge in [0.15, 0.2) is 5.69 Å².